The van der Waals surface area contributed by atoms with E-state index in [1.807, 2.05) is 24.3 Å². The van der Waals surface area contributed by atoms with Crippen molar-refractivity contribution in [3.05, 3.63) is 53.7 Å². The van der Waals surface area contributed by atoms with Gasteiger partial charge in [-0.3, -0.25) is 9.89 Å². The Bertz CT molecular complexity index is 1040. The van der Waals surface area contributed by atoms with Crippen LogP contribution in [-0.4, -0.2) is 43.9 Å². The van der Waals surface area contributed by atoms with Gasteiger partial charge in [-0.15, -0.1) is 0 Å². The summed E-state index contributed by atoms with van der Waals surface area (Å²) in [6, 6.07) is 13.2. The molecule has 0 aliphatic carbocycles. The lowest BCUT2D eigenvalue weighted by Gasteiger charge is -2.28. The van der Waals surface area contributed by atoms with Crippen molar-refractivity contribution in [3.63, 3.8) is 0 Å². The summed E-state index contributed by atoms with van der Waals surface area (Å²) in [7, 11) is 5.27. The Morgan fingerprint density at radius 3 is 2.79 bits per heavy atom. The molecule has 0 spiro atoms. The molecule has 3 aromatic rings. The van der Waals surface area contributed by atoms with Crippen LogP contribution in [0.25, 0.3) is 11.3 Å². The van der Waals surface area contributed by atoms with Crippen LogP contribution in [0.15, 0.2) is 42.5 Å². The minimum absolute atomic E-state index is 0.241. The number of methoxy groups -OCH3 is 2. The normalized spacial score (nSPS) is 13.0. The first-order valence-electron chi connectivity index (χ1n) is 9.52. The van der Waals surface area contributed by atoms with Gasteiger partial charge in [0.05, 0.1) is 19.9 Å². The molecule has 2 aromatic carbocycles. The first kappa shape index (κ1) is 18.9. The second-order valence-corrected chi connectivity index (χ2v) is 7.06. The molecule has 7 nitrogen and oxygen atoms in total. The molecule has 1 aromatic heterocycles. The maximum atomic E-state index is 12.7. The van der Waals surface area contributed by atoms with Crippen LogP contribution in [0.5, 0.6) is 11.5 Å². The minimum Gasteiger partial charge on any atom is -0.497 e. The number of rotatable bonds is 5. The van der Waals surface area contributed by atoms with Gasteiger partial charge >= 0.3 is 0 Å². The number of hydrogen-bond acceptors (Lipinski definition) is 5. The van der Waals surface area contributed by atoms with Crippen LogP contribution in [0.1, 0.15) is 22.5 Å². The number of carbonyl (C=O) groups is 1. The second kappa shape index (κ2) is 7.87. The standard InChI is InChI=1S/C22H24N4O3/c1-26-10-4-5-14-6-7-15(11-20(14)26)23-22(27)19-13-18(24-25-19)17-9-8-16(28-2)12-21(17)29-3/h6-9,11-13H,4-5,10H2,1-3H3,(H,23,27)(H,24,25). The predicted molar refractivity (Wildman–Crippen MR) is 113 cm³/mol. The van der Waals surface area contributed by atoms with Crippen LogP contribution in [0, 0.1) is 0 Å². The molecule has 2 N–H and O–H groups in total. The van der Waals surface area contributed by atoms with Crippen LogP contribution >= 0.6 is 0 Å². The van der Waals surface area contributed by atoms with Crippen molar-refractivity contribution in [1.29, 1.82) is 0 Å². The Kier molecular flexibility index (Phi) is 5.12. The zero-order chi connectivity index (χ0) is 20.4. The molecule has 0 bridgehead atoms. The summed E-state index contributed by atoms with van der Waals surface area (Å²) in [5.41, 5.74) is 5.03. The Balaban J connectivity index is 1.54. The third-order valence-corrected chi connectivity index (χ3v) is 5.20. The van der Waals surface area contributed by atoms with Crippen LogP contribution in [0.2, 0.25) is 0 Å². The van der Waals surface area contributed by atoms with Gasteiger partial charge in [0, 0.05) is 36.6 Å². The van der Waals surface area contributed by atoms with E-state index >= 15 is 0 Å². The summed E-state index contributed by atoms with van der Waals surface area (Å²) in [6.07, 6.45) is 2.22. The number of amides is 1. The smallest absolute Gasteiger partial charge is 0.273 e. The van der Waals surface area contributed by atoms with E-state index in [1.54, 1.807) is 26.4 Å². The van der Waals surface area contributed by atoms with Crippen molar-refractivity contribution in [2.75, 3.05) is 38.0 Å². The molecule has 0 unspecified atom stereocenters. The number of aromatic nitrogens is 2. The average Bonchev–Trinajstić information content (AvgIpc) is 3.24. The average molecular weight is 392 g/mol. The molecule has 0 atom stereocenters. The fourth-order valence-corrected chi connectivity index (χ4v) is 3.62. The maximum absolute atomic E-state index is 12.7. The minimum atomic E-state index is -0.241. The topological polar surface area (TPSA) is 79.5 Å². The van der Waals surface area contributed by atoms with Crippen molar-refractivity contribution < 1.29 is 14.3 Å². The van der Waals surface area contributed by atoms with Crippen LogP contribution in [0.3, 0.4) is 0 Å². The molecule has 7 heteroatoms. The Hall–Kier alpha value is -3.48. The van der Waals surface area contributed by atoms with E-state index in [0.717, 1.165) is 30.6 Å². The van der Waals surface area contributed by atoms with E-state index in [-0.39, 0.29) is 5.91 Å². The quantitative estimate of drug-likeness (QED) is 0.692. The predicted octanol–water partition coefficient (Wildman–Crippen LogP) is 3.73. The van der Waals surface area contributed by atoms with Gasteiger partial charge in [-0.05, 0) is 48.7 Å². The number of benzene rings is 2. The highest BCUT2D eigenvalue weighted by Gasteiger charge is 2.17. The Morgan fingerprint density at radius 1 is 1.14 bits per heavy atom. The lowest BCUT2D eigenvalue weighted by molar-refractivity contribution is 0.102. The number of anilines is 2. The number of H-pyrrole nitrogens is 1. The third kappa shape index (κ3) is 3.76. The largest absolute Gasteiger partial charge is 0.497 e. The molecule has 0 fully saturated rings. The van der Waals surface area contributed by atoms with Crippen molar-refractivity contribution in [3.8, 4) is 22.8 Å². The number of aryl methyl sites for hydroxylation is 1. The highest BCUT2D eigenvalue weighted by Crippen LogP contribution is 2.33. The van der Waals surface area contributed by atoms with E-state index in [4.69, 9.17) is 9.47 Å². The molecule has 1 aliphatic heterocycles. The zero-order valence-corrected chi connectivity index (χ0v) is 16.8. The molecule has 0 saturated heterocycles. The van der Waals surface area contributed by atoms with Gasteiger partial charge in [0.2, 0.25) is 0 Å². The van der Waals surface area contributed by atoms with E-state index in [2.05, 4.69) is 33.5 Å². The molecule has 0 saturated carbocycles. The molecule has 150 valence electrons. The molecule has 2 heterocycles. The SMILES string of the molecule is COc1ccc(-c2cc(C(=O)Nc3ccc4c(c3)N(C)CCC4)[nH]n2)c(OC)c1. The first-order valence-corrected chi connectivity index (χ1v) is 9.52. The summed E-state index contributed by atoms with van der Waals surface area (Å²) < 4.78 is 10.7. The van der Waals surface area contributed by atoms with E-state index in [0.29, 0.717) is 22.9 Å². The van der Waals surface area contributed by atoms with Crippen molar-refractivity contribution in [2.45, 2.75) is 12.8 Å². The van der Waals surface area contributed by atoms with Gasteiger partial charge in [-0.1, -0.05) is 6.07 Å². The number of nitrogens with one attached hydrogen (secondary N) is 2. The number of ether oxygens (including phenoxy) is 2. The van der Waals surface area contributed by atoms with Crippen LogP contribution < -0.4 is 19.7 Å². The maximum Gasteiger partial charge on any atom is 0.273 e. The summed E-state index contributed by atoms with van der Waals surface area (Å²) >= 11 is 0. The van der Waals surface area contributed by atoms with Crippen LogP contribution in [-0.2, 0) is 6.42 Å². The molecule has 4 rings (SSSR count). The van der Waals surface area contributed by atoms with Gasteiger partial charge in [0.15, 0.2) is 0 Å². The second-order valence-electron chi connectivity index (χ2n) is 7.06. The molecular formula is C22H24N4O3. The number of carbonyl (C=O) groups excluding carboxylic acids is 1. The van der Waals surface area contributed by atoms with Gasteiger partial charge < -0.3 is 19.7 Å². The van der Waals surface area contributed by atoms with Crippen molar-refractivity contribution in [1.82, 2.24) is 10.2 Å². The first-order chi connectivity index (χ1) is 14.1. The highest BCUT2D eigenvalue weighted by atomic mass is 16.5. The van der Waals surface area contributed by atoms with Crippen molar-refractivity contribution >= 4 is 17.3 Å². The fourth-order valence-electron chi connectivity index (χ4n) is 3.62. The van der Waals surface area contributed by atoms with Gasteiger partial charge in [-0.2, -0.15) is 5.10 Å². The number of fused-ring (bicyclic) bond motifs is 1. The molecular weight excluding hydrogens is 368 g/mol. The molecule has 29 heavy (non-hydrogen) atoms. The number of aromatic amines is 1. The van der Waals surface area contributed by atoms with Gasteiger partial charge in [-0.25, -0.2) is 0 Å². The highest BCUT2D eigenvalue weighted by molar-refractivity contribution is 6.03. The Labute approximate surface area is 169 Å². The van der Waals surface area contributed by atoms with E-state index in [1.165, 1.54) is 11.3 Å². The van der Waals surface area contributed by atoms with Gasteiger partial charge in [0.25, 0.3) is 5.91 Å². The zero-order valence-electron chi connectivity index (χ0n) is 16.8. The number of nitrogens with zero attached hydrogens (tertiary/aromatic N) is 2. The molecule has 1 amide bonds. The molecule has 0 radical (unpaired) electrons. The summed E-state index contributed by atoms with van der Waals surface area (Å²) in [4.78, 5) is 14.9. The van der Waals surface area contributed by atoms with Gasteiger partial charge in [0.1, 0.15) is 17.2 Å². The number of hydrogen-bond donors (Lipinski definition) is 2. The monoisotopic (exact) mass is 392 g/mol. The summed E-state index contributed by atoms with van der Waals surface area (Å²) in [5, 5.41) is 10.0. The lowest BCUT2D eigenvalue weighted by Crippen LogP contribution is -2.24. The molecule has 1 aliphatic rings. The summed E-state index contributed by atoms with van der Waals surface area (Å²) in [6.45, 7) is 1.03. The third-order valence-electron chi connectivity index (χ3n) is 5.20. The lowest BCUT2D eigenvalue weighted by atomic mass is 10.0. The van der Waals surface area contributed by atoms with E-state index < -0.39 is 0 Å². The summed E-state index contributed by atoms with van der Waals surface area (Å²) in [5.74, 6) is 1.08. The van der Waals surface area contributed by atoms with Crippen molar-refractivity contribution in [2.24, 2.45) is 0 Å². The van der Waals surface area contributed by atoms with E-state index in [9.17, 15) is 4.79 Å². The fraction of sp³-hybridized carbons (Fsp3) is 0.273. The Morgan fingerprint density at radius 2 is 2.00 bits per heavy atom. The van der Waals surface area contributed by atoms with Crippen LogP contribution in [0.4, 0.5) is 11.4 Å².